The molecule has 4 bridgehead atoms. The van der Waals surface area contributed by atoms with E-state index >= 15 is 0 Å². The highest BCUT2D eigenvalue weighted by Gasteiger charge is 2.51. The van der Waals surface area contributed by atoms with Crippen molar-refractivity contribution in [1.29, 1.82) is 0 Å². The number of morpholine rings is 1. The number of carbonyl (C=O) groups is 1. The normalized spacial score (nSPS) is 44.9. The number of urea groups is 1. The van der Waals surface area contributed by atoms with Gasteiger partial charge < -0.3 is 20.7 Å². The third-order valence-electron chi connectivity index (χ3n) is 6.10. The van der Waals surface area contributed by atoms with Gasteiger partial charge in [-0.3, -0.25) is 0 Å². The van der Waals surface area contributed by atoms with Crippen LogP contribution < -0.4 is 11.1 Å². The SMILES string of the molecule is NCC1CN(C(=O)NC23CC4CC(CC(C4)C2)C3)CCO1. The third-order valence-corrected chi connectivity index (χ3v) is 6.10. The predicted molar refractivity (Wildman–Crippen MR) is 79.8 cm³/mol. The van der Waals surface area contributed by atoms with Crippen LogP contribution in [-0.4, -0.2) is 48.8 Å². The Labute approximate surface area is 126 Å². The third kappa shape index (κ3) is 2.55. The molecule has 2 amide bonds. The van der Waals surface area contributed by atoms with Crippen LogP contribution in [0.25, 0.3) is 0 Å². The maximum absolute atomic E-state index is 12.7. The molecule has 1 aliphatic heterocycles. The highest BCUT2D eigenvalue weighted by Crippen LogP contribution is 2.55. The van der Waals surface area contributed by atoms with E-state index in [0.29, 0.717) is 26.2 Å². The van der Waals surface area contributed by atoms with Gasteiger partial charge in [-0.25, -0.2) is 4.79 Å². The fourth-order valence-corrected chi connectivity index (χ4v) is 5.62. The molecule has 0 radical (unpaired) electrons. The summed E-state index contributed by atoms with van der Waals surface area (Å²) < 4.78 is 5.55. The summed E-state index contributed by atoms with van der Waals surface area (Å²) in [6, 6.07) is 0.110. The summed E-state index contributed by atoms with van der Waals surface area (Å²) in [5, 5.41) is 3.43. The molecule has 0 aromatic carbocycles. The molecule has 1 saturated heterocycles. The summed E-state index contributed by atoms with van der Waals surface area (Å²) in [4.78, 5) is 14.6. The van der Waals surface area contributed by atoms with Crippen molar-refractivity contribution in [1.82, 2.24) is 10.2 Å². The minimum Gasteiger partial charge on any atom is -0.373 e. The molecule has 1 atom stereocenters. The molecule has 4 saturated carbocycles. The van der Waals surface area contributed by atoms with Crippen molar-refractivity contribution in [2.75, 3.05) is 26.2 Å². The van der Waals surface area contributed by atoms with Crippen molar-refractivity contribution in [3.63, 3.8) is 0 Å². The second-order valence-corrected chi connectivity index (χ2v) is 7.80. The van der Waals surface area contributed by atoms with E-state index in [4.69, 9.17) is 10.5 Å². The smallest absolute Gasteiger partial charge is 0.317 e. The topological polar surface area (TPSA) is 67.6 Å². The molecular formula is C16H27N3O2. The minimum absolute atomic E-state index is 0.000799. The van der Waals surface area contributed by atoms with E-state index in [1.54, 1.807) is 0 Å². The van der Waals surface area contributed by atoms with Gasteiger partial charge >= 0.3 is 6.03 Å². The van der Waals surface area contributed by atoms with Crippen LogP contribution in [0.1, 0.15) is 38.5 Å². The summed E-state index contributed by atoms with van der Waals surface area (Å²) in [7, 11) is 0. The van der Waals surface area contributed by atoms with E-state index in [9.17, 15) is 4.79 Å². The molecular weight excluding hydrogens is 266 g/mol. The molecule has 0 spiro atoms. The molecule has 5 aliphatic rings. The lowest BCUT2D eigenvalue weighted by Crippen LogP contribution is -2.63. The van der Waals surface area contributed by atoms with Gasteiger partial charge in [0.15, 0.2) is 0 Å². The first-order valence-corrected chi connectivity index (χ1v) is 8.54. The largest absolute Gasteiger partial charge is 0.373 e. The average Bonchev–Trinajstić information content (AvgIpc) is 2.45. The highest BCUT2D eigenvalue weighted by molar-refractivity contribution is 5.75. The number of amides is 2. The molecule has 5 rings (SSSR count). The summed E-state index contributed by atoms with van der Waals surface area (Å²) in [5.41, 5.74) is 5.77. The number of nitrogens with zero attached hydrogens (tertiary/aromatic N) is 1. The molecule has 118 valence electrons. The Morgan fingerprint density at radius 2 is 1.81 bits per heavy atom. The lowest BCUT2D eigenvalue weighted by molar-refractivity contribution is -0.0279. The van der Waals surface area contributed by atoms with Gasteiger partial charge in [0, 0.05) is 25.2 Å². The van der Waals surface area contributed by atoms with Crippen molar-refractivity contribution in [2.45, 2.75) is 50.2 Å². The number of nitrogens with one attached hydrogen (secondary N) is 1. The number of rotatable bonds is 2. The van der Waals surface area contributed by atoms with Crippen molar-refractivity contribution >= 4 is 6.03 Å². The summed E-state index contributed by atoms with van der Waals surface area (Å²) in [6.45, 7) is 2.42. The molecule has 5 heteroatoms. The van der Waals surface area contributed by atoms with Crippen molar-refractivity contribution < 1.29 is 9.53 Å². The van der Waals surface area contributed by atoms with Crippen molar-refractivity contribution in [3.8, 4) is 0 Å². The predicted octanol–water partition coefficient (Wildman–Crippen LogP) is 1.32. The Kier molecular flexibility index (Phi) is 3.38. The Bertz CT molecular complexity index is 390. The molecule has 0 aromatic heterocycles. The van der Waals surface area contributed by atoms with Crippen LogP contribution >= 0.6 is 0 Å². The monoisotopic (exact) mass is 293 g/mol. The van der Waals surface area contributed by atoms with Crippen LogP contribution in [0.3, 0.4) is 0 Å². The second kappa shape index (κ2) is 5.13. The van der Waals surface area contributed by atoms with Crippen LogP contribution in [0, 0.1) is 17.8 Å². The first kappa shape index (κ1) is 13.8. The number of hydrogen-bond donors (Lipinski definition) is 2. The van der Waals surface area contributed by atoms with Crippen LogP contribution in [0.15, 0.2) is 0 Å². The lowest BCUT2D eigenvalue weighted by Gasteiger charge is -2.57. The Hall–Kier alpha value is -0.810. The molecule has 4 aliphatic carbocycles. The number of ether oxygens (including phenoxy) is 1. The zero-order chi connectivity index (χ0) is 14.4. The van der Waals surface area contributed by atoms with E-state index in [0.717, 1.165) is 17.8 Å². The summed E-state index contributed by atoms with van der Waals surface area (Å²) in [6.07, 6.45) is 7.83. The summed E-state index contributed by atoms with van der Waals surface area (Å²) in [5.74, 6) is 2.58. The zero-order valence-corrected chi connectivity index (χ0v) is 12.7. The van der Waals surface area contributed by atoms with E-state index in [2.05, 4.69) is 5.32 Å². The number of hydrogen-bond acceptors (Lipinski definition) is 3. The molecule has 21 heavy (non-hydrogen) atoms. The fraction of sp³-hybridized carbons (Fsp3) is 0.938. The van der Waals surface area contributed by atoms with Crippen LogP contribution in [0.5, 0.6) is 0 Å². The van der Waals surface area contributed by atoms with E-state index < -0.39 is 0 Å². The molecule has 1 heterocycles. The standard InChI is InChI=1S/C16H27N3O2/c17-9-14-10-19(1-2-21-14)15(20)18-16-6-11-3-12(7-16)5-13(4-11)8-16/h11-14H,1-10,17H2,(H,18,20). The zero-order valence-electron chi connectivity index (χ0n) is 12.7. The van der Waals surface area contributed by atoms with E-state index in [1.807, 2.05) is 4.90 Å². The highest BCUT2D eigenvalue weighted by atomic mass is 16.5. The molecule has 3 N–H and O–H groups in total. The Balaban J connectivity index is 1.42. The van der Waals surface area contributed by atoms with Crippen LogP contribution in [0.4, 0.5) is 4.79 Å². The van der Waals surface area contributed by atoms with Gasteiger partial charge in [0.2, 0.25) is 0 Å². The van der Waals surface area contributed by atoms with Crippen LogP contribution in [0.2, 0.25) is 0 Å². The summed E-state index contributed by atoms with van der Waals surface area (Å²) >= 11 is 0. The minimum atomic E-state index is 0.000799. The number of carbonyl (C=O) groups excluding carboxylic acids is 1. The average molecular weight is 293 g/mol. The van der Waals surface area contributed by atoms with Gasteiger partial charge in [-0.1, -0.05) is 0 Å². The maximum Gasteiger partial charge on any atom is 0.317 e. The second-order valence-electron chi connectivity index (χ2n) is 7.80. The number of nitrogens with two attached hydrogens (primary N) is 1. The van der Waals surface area contributed by atoms with Gasteiger partial charge in [0.1, 0.15) is 0 Å². The van der Waals surface area contributed by atoms with Gasteiger partial charge in [-0.2, -0.15) is 0 Å². The van der Waals surface area contributed by atoms with Gasteiger partial charge in [-0.15, -0.1) is 0 Å². The molecule has 5 nitrogen and oxygen atoms in total. The fourth-order valence-electron chi connectivity index (χ4n) is 5.62. The van der Waals surface area contributed by atoms with Crippen LogP contribution in [-0.2, 0) is 4.74 Å². The quantitative estimate of drug-likeness (QED) is 0.807. The molecule has 5 fully saturated rings. The van der Waals surface area contributed by atoms with Gasteiger partial charge in [-0.05, 0) is 56.3 Å². The lowest BCUT2D eigenvalue weighted by atomic mass is 9.53. The van der Waals surface area contributed by atoms with Gasteiger partial charge in [0.05, 0.1) is 12.7 Å². The van der Waals surface area contributed by atoms with E-state index in [1.165, 1.54) is 38.5 Å². The van der Waals surface area contributed by atoms with E-state index in [-0.39, 0.29) is 17.7 Å². The first-order chi connectivity index (χ1) is 10.2. The van der Waals surface area contributed by atoms with Crippen molar-refractivity contribution in [2.24, 2.45) is 23.5 Å². The first-order valence-electron chi connectivity index (χ1n) is 8.54. The maximum atomic E-state index is 12.7. The van der Waals surface area contributed by atoms with Gasteiger partial charge in [0.25, 0.3) is 0 Å². The molecule has 1 unspecified atom stereocenters. The van der Waals surface area contributed by atoms with Crippen molar-refractivity contribution in [3.05, 3.63) is 0 Å². The Morgan fingerprint density at radius 1 is 1.19 bits per heavy atom. The Morgan fingerprint density at radius 3 is 2.38 bits per heavy atom. The molecule has 0 aromatic rings.